The smallest absolute Gasteiger partial charge is 0.279 e. The number of hydrogen-bond donors (Lipinski definition) is 1. The highest BCUT2D eigenvalue weighted by Crippen LogP contribution is 1.96. The van der Waals surface area contributed by atoms with Crippen LogP contribution in [-0.4, -0.2) is 17.2 Å². The molecule has 0 aliphatic carbocycles. The largest absolute Gasteiger partial charge is 0.390 e. The molecule has 56 valence electrons. The van der Waals surface area contributed by atoms with Gasteiger partial charge in [0.25, 0.3) is 5.91 Å². The molecule has 0 fully saturated rings. The predicted octanol–water partition coefficient (Wildman–Crippen LogP) is 0.209. The number of amides is 1. The van der Waals surface area contributed by atoms with Gasteiger partial charge in [-0.15, -0.1) is 0 Å². The normalized spacial score (nSPS) is 10.2. The molecule has 0 atom stereocenters. The fourth-order valence-electron chi connectivity index (χ4n) is 0.631. The molecule has 2 N–H and O–H groups in total. The van der Waals surface area contributed by atoms with Gasteiger partial charge in [0.1, 0.15) is 0 Å². The lowest BCUT2D eigenvalue weighted by molar-refractivity contribution is 0.100. The van der Waals surface area contributed by atoms with Crippen molar-refractivity contribution in [2.75, 3.05) is 0 Å². The summed E-state index contributed by atoms with van der Waals surface area (Å²) in [6.07, 6.45) is 3.99. The number of hydrogen-bond acceptors (Lipinski definition) is 2. The van der Waals surface area contributed by atoms with Gasteiger partial charge in [-0.1, -0.05) is 0 Å². The van der Waals surface area contributed by atoms with Crippen LogP contribution in [0, 0.1) is 0 Å². The highest BCUT2D eigenvalue weighted by Gasteiger charge is 1.99. The molecular weight excluding hydrogens is 142 g/mol. The van der Waals surface area contributed by atoms with Crippen LogP contribution in [0.2, 0.25) is 0 Å². The van der Waals surface area contributed by atoms with E-state index in [1.54, 1.807) is 18.3 Å². The quantitative estimate of drug-likeness (QED) is 0.458. The number of carbonyl (C=O) groups excluding carboxylic acids is 1. The van der Waals surface area contributed by atoms with Gasteiger partial charge in [-0.25, -0.2) is 0 Å². The lowest BCUT2D eigenvalue weighted by Gasteiger charge is -1.90. The highest BCUT2D eigenvalue weighted by atomic mass is 16.1. The summed E-state index contributed by atoms with van der Waals surface area (Å²) in [5, 5.41) is 0. The van der Waals surface area contributed by atoms with E-state index in [1.165, 1.54) is 6.20 Å². The Kier molecular flexibility index (Phi) is 2.32. The molecule has 4 nitrogen and oxygen atoms in total. The molecule has 1 heterocycles. The number of rotatable bonds is 1. The topological polar surface area (TPSA) is 68.3 Å². The molecule has 1 aromatic rings. The zero-order valence-corrected chi connectivity index (χ0v) is 5.77. The van der Waals surface area contributed by atoms with Crippen molar-refractivity contribution in [2.45, 2.75) is 0 Å². The molecule has 1 amide bonds. The maximum Gasteiger partial charge on any atom is 0.279 e. The molecule has 0 aliphatic heterocycles. The Balaban J connectivity index is 2.86. The second-order valence-electron chi connectivity index (χ2n) is 1.83. The third-order valence-corrected chi connectivity index (χ3v) is 1.10. The molecule has 0 aromatic carbocycles. The predicted molar refractivity (Wildman–Crippen MR) is 41.2 cm³/mol. The van der Waals surface area contributed by atoms with Gasteiger partial charge in [-0.3, -0.25) is 9.78 Å². The van der Waals surface area contributed by atoms with Crippen LogP contribution in [0.3, 0.4) is 0 Å². The van der Waals surface area contributed by atoms with E-state index >= 15 is 0 Å². The van der Waals surface area contributed by atoms with Crippen molar-refractivity contribution in [2.24, 2.45) is 10.7 Å². The van der Waals surface area contributed by atoms with E-state index in [2.05, 4.69) is 9.98 Å². The first-order chi connectivity index (χ1) is 5.34. The Labute approximate surface area is 63.8 Å². The summed E-state index contributed by atoms with van der Waals surface area (Å²) >= 11 is 0. The van der Waals surface area contributed by atoms with E-state index in [0.717, 1.165) is 6.34 Å². The summed E-state index contributed by atoms with van der Waals surface area (Å²) in [4.78, 5) is 18.0. The molecule has 0 bridgehead atoms. The lowest BCUT2D eigenvalue weighted by Crippen LogP contribution is -1.99. The summed E-state index contributed by atoms with van der Waals surface area (Å²) < 4.78 is 0. The summed E-state index contributed by atoms with van der Waals surface area (Å²) in [6, 6.07) is 3.29. The zero-order valence-electron chi connectivity index (χ0n) is 5.77. The minimum atomic E-state index is -0.374. The van der Waals surface area contributed by atoms with E-state index in [1.807, 2.05) is 0 Å². The van der Waals surface area contributed by atoms with Crippen LogP contribution < -0.4 is 5.73 Å². The number of aromatic nitrogens is 1. The molecule has 0 unspecified atom stereocenters. The van der Waals surface area contributed by atoms with Crippen molar-refractivity contribution in [3.05, 3.63) is 30.1 Å². The third-order valence-electron chi connectivity index (χ3n) is 1.10. The van der Waals surface area contributed by atoms with Crippen molar-refractivity contribution in [1.29, 1.82) is 0 Å². The highest BCUT2D eigenvalue weighted by molar-refractivity contribution is 5.98. The minimum absolute atomic E-state index is 0.374. The van der Waals surface area contributed by atoms with Gasteiger partial charge >= 0.3 is 0 Å². The van der Waals surface area contributed by atoms with Crippen molar-refractivity contribution in [1.82, 2.24) is 4.98 Å². The first-order valence-corrected chi connectivity index (χ1v) is 3.03. The van der Waals surface area contributed by atoms with Crippen molar-refractivity contribution in [3.63, 3.8) is 0 Å². The molecule has 1 aromatic heterocycles. The molecule has 1 rings (SSSR count). The second-order valence-corrected chi connectivity index (χ2v) is 1.83. The average molecular weight is 149 g/mol. The van der Waals surface area contributed by atoms with Gasteiger partial charge in [0.2, 0.25) is 0 Å². The molecule has 0 spiro atoms. The second kappa shape index (κ2) is 3.46. The Bertz CT molecular complexity index is 268. The van der Waals surface area contributed by atoms with Gasteiger partial charge in [0.15, 0.2) is 0 Å². The summed E-state index contributed by atoms with van der Waals surface area (Å²) in [7, 11) is 0. The van der Waals surface area contributed by atoms with Crippen LogP contribution in [0.5, 0.6) is 0 Å². The maximum absolute atomic E-state index is 10.9. The maximum atomic E-state index is 10.9. The van der Waals surface area contributed by atoms with Crippen molar-refractivity contribution < 1.29 is 4.79 Å². The molecule has 0 saturated heterocycles. The van der Waals surface area contributed by atoms with Crippen molar-refractivity contribution >= 4 is 12.2 Å². The number of aliphatic imine (C=N–C) groups is 1. The lowest BCUT2D eigenvalue weighted by atomic mass is 10.3. The number of carbonyl (C=O) groups is 1. The van der Waals surface area contributed by atoms with Gasteiger partial charge < -0.3 is 5.73 Å². The monoisotopic (exact) mass is 149 g/mol. The Hall–Kier alpha value is -1.71. The van der Waals surface area contributed by atoms with E-state index in [9.17, 15) is 4.79 Å². The SMILES string of the molecule is NC=NC(=O)c1cccnc1. The first-order valence-electron chi connectivity index (χ1n) is 3.03. The average Bonchev–Trinajstić information content (AvgIpc) is 2.07. The molecule has 0 radical (unpaired) electrons. The van der Waals surface area contributed by atoms with E-state index in [0.29, 0.717) is 5.56 Å². The van der Waals surface area contributed by atoms with Crippen LogP contribution >= 0.6 is 0 Å². The molecular formula is C7H7N3O. The number of pyridine rings is 1. The minimum Gasteiger partial charge on any atom is -0.390 e. The van der Waals surface area contributed by atoms with E-state index in [4.69, 9.17) is 5.73 Å². The Morgan fingerprint density at radius 3 is 3.09 bits per heavy atom. The number of nitrogens with two attached hydrogens (primary N) is 1. The fourth-order valence-corrected chi connectivity index (χ4v) is 0.631. The van der Waals surface area contributed by atoms with Crippen LogP contribution in [-0.2, 0) is 0 Å². The van der Waals surface area contributed by atoms with Crippen LogP contribution in [0.25, 0.3) is 0 Å². The van der Waals surface area contributed by atoms with Crippen LogP contribution in [0.1, 0.15) is 10.4 Å². The van der Waals surface area contributed by atoms with Gasteiger partial charge in [-0.05, 0) is 12.1 Å². The molecule has 0 saturated carbocycles. The third kappa shape index (κ3) is 1.86. The molecule has 11 heavy (non-hydrogen) atoms. The number of nitrogens with zero attached hydrogens (tertiary/aromatic N) is 2. The summed E-state index contributed by atoms with van der Waals surface area (Å²) in [5.41, 5.74) is 5.37. The fraction of sp³-hybridized carbons (Fsp3) is 0. The Morgan fingerprint density at radius 1 is 1.73 bits per heavy atom. The molecule has 0 aliphatic rings. The van der Waals surface area contributed by atoms with Crippen LogP contribution in [0.15, 0.2) is 29.5 Å². The van der Waals surface area contributed by atoms with Crippen LogP contribution in [0.4, 0.5) is 0 Å². The van der Waals surface area contributed by atoms with Crippen molar-refractivity contribution in [3.8, 4) is 0 Å². The zero-order chi connectivity index (χ0) is 8.10. The Morgan fingerprint density at radius 2 is 2.55 bits per heavy atom. The van der Waals surface area contributed by atoms with Gasteiger partial charge in [0, 0.05) is 12.4 Å². The molecule has 4 heteroatoms. The van der Waals surface area contributed by atoms with E-state index < -0.39 is 0 Å². The standard InChI is InChI=1S/C7H7N3O/c8-5-10-7(11)6-2-1-3-9-4-6/h1-5H,(H2,8,10,11). The van der Waals surface area contributed by atoms with Gasteiger partial charge in [0.05, 0.1) is 11.9 Å². The van der Waals surface area contributed by atoms with Gasteiger partial charge in [-0.2, -0.15) is 4.99 Å². The summed E-state index contributed by atoms with van der Waals surface area (Å²) in [5.74, 6) is -0.374. The summed E-state index contributed by atoms with van der Waals surface area (Å²) in [6.45, 7) is 0. The first kappa shape index (κ1) is 7.40. The van der Waals surface area contributed by atoms with E-state index in [-0.39, 0.29) is 5.91 Å².